The van der Waals surface area contributed by atoms with Crippen molar-refractivity contribution in [1.29, 1.82) is 0 Å². The summed E-state index contributed by atoms with van der Waals surface area (Å²) >= 11 is 1.59. The fourth-order valence-corrected chi connectivity index (χ4v) is 4.85. The van der Waals surface area contributed by atoms with Crippen LogP contribution in [0, 0.1) is 0 Å². The number of nitrogens with one attached hydrogen (secondary N) is 2. The van der Waals surface area contributed by atoms with Crippen LogP contribution in [0.3, 0.4) is 0 Å². The quantitative estimate of drug-likeness (QED) is 0.871. The summed E-state index contributed by atoms with van der Waals surface area (Å²) in [5.41, 5.74) is 1.50. The Morgan fingerprint density at radius 3 is 2.79 bits per heavy atom. The Labute approximate surface area is 145 Å². The van der Waals surface area contributed by atoms with Crippen molar-refractivity contribution in [3.63, 3.8) is 0 Å². The van der Waals surface area contributed by atoms with Crippen molar-refractivity contribution in [2.75, 3.05) is 38.0 Å². The van der Waals surface area contributed by atoms with Crippen molar-refractivity contribution in [3.8, 4) is 10.4 Å². The largest absolute Gasteiger partial charge is 0.341 e. The average Bonchev–Trinajstić information content (AvgIpc) is 3.09. The van der Waals surface area contributed by atoms with E-state index in [1.165, 1.54) is 0 Å². The van der Waals surface area contributed by atoms with Gasteiger partial charge < -0.3 is 10.6 Å². The van der Waals surface area contributed by atoms with E-state index in [1.54, 1.807) is 17.4 Å². The predicted molar refractivity (Wildman–Crippen MR) is 97.3 cm³/mol. The molecule has 1 aromatic carbocycles. The first kappa shape index (κ1) is 15.8. The van der Waals surface area contributed by atoms with Crippen LogP contribution in [-0.4, -0.2) is 51.9 Å². The molecule has 1 saturated heterocycles. The summed E-state index contributed by atoms with van der Waals surface area (Å²) in [6, 6.07) is 9.41. The van der Waals surface area contributed by atoms with E-state index in [1.807, 2.05) is 29.6 Å². The molecule has 0 amide bonds. The highest BCUT2D eigenvalue weighted by atomic mass is 32.2. The van der Waals surface area contributed by atoms with E-state index in [-0.39, 0.29) is 4.90 Å². The number of amidine groups is 1. The Morgan fingerprint density at radius 1 is 1.21 bits per heavy atom. The number of hydrogen-bond donors (Lipinski definition) is 2. The Bertz CT molecular complexity index is 869. The number of thiophene rings is 1. The van der Waals surface area contributed by atoms with E-state index in [4.69, 9.17) is 0 Å². The van der Waals surface area contributed by atoms with Crippen LogP contribution < -0.4 is 10.6 Å². The highest BCUT2D eigenvalue weighted by Crippen LogP contribution is 2.33. The van der Waals surface area contributed by atoms with E-state index >= 15 is 0 Å². The Balaban J connectivity index is 1.63. The number of hydrogen-bond acceptors (Lipinski definition) is 6. The van der Waals surface area contributed by atoms with E-state index in [2.05, 4.69) is 19.9 Å². The zero-order valence-corrected chi connectivity index (χ0v) is 14.7. The van der Waals surface area contributed by atoms with Crippen LogP contribution in [0.4, 0.5) is 5.69 Å². The molecule has 0 spiro atoms. The van der Waals surface area contributed by atoms with Crippen molar-refractivity contribution >= 4 is 32.9 Å². The average molecular weight is 362 g/mol. The van der Waals surface area contributed by atoms with Crippen LogP contribution in [0.2, 0.25) is 0 Å². The molecule has 1 fully saturated rings. The second kappa shape index (κ2) is 6.29. The summed E-state index contributed by atoms with van der Waals surface area (Å²) in [6.07, 6.45) is 0. The number of nitrogens with zero attached hydrogens (tertiary/aromatic N) is 2. The second-order valence-electron chi connectivity index (χ2n) is 5.85. The lowest BCUT2D eigenvalue weighted by Gasteiger charge is -2.29. The zero-order valence-electron chi connectivity index (χ0n) is 13.0. The van der Waals surface area contributed by atoms with Gasteiger partial charge in [-0.15, -0.1) is 15.7 Å². The van der Waals surface area contributed by atoms with Crippen LogP contribution in [0.1, 0.15) is 0 Å². The number of benzene rings is 1. The van der Waals surface area contributed by atoms with Crippen LogP contribution in [-0.2, 0) is 10.0 Å². The normalized spacial score (nSPS) is 20.1. The third-order valence-electron chi connectivity index (χ3n) is 4.16. The van der Waals surface area contributed by atoms with Crippen molar-refractivity contribution < 1.29 is 8.42 Å². The van der Waals surface area contributed by atoms with Gasteiger partial charge in [-0.05, 0) is 29.1 Å². The van der Waals surface area contributed by atoms with Crippen LogP contribution >= 0.6 is 11.3 Å². The molecule has 2 N–H and O–H groups in total. The van der Waals surface area contributed by atoms with Gasteiger partial charge in [-0.25, -0.2) is 0 Å². The molecule has 2 aliphatic heterocycles. The lowest BCUT2D eigenvalue weighted by atomic mass is 10.1. The van der Waals surface area contributed by atoms with Crippen molar-refractivity contribution in [2.24, 2.45) is 4.40 Å². The SMILES string of the molecule is O=S1(=O)N=C(CN2CCNCC2)Nc2ccc(-c3cccs3)cc21. The molecule has 2 aromatic rings. The molecule has 0 bridgehead atoms. The van der Waals surface area contributed by atoms with Gasteiger partial charge in [-0.1, -0.05) is 12.1 Å². The molecule has 0 atom stereocenters. The molecule has 0 radical (unpaired) electrons. The second-order valence-corrected chi connectivity index (χ2v) is 8.37. The van der Waals surface area contributed by atoms with Crippen molar-refractivity contribution in [2.45, 2.75) is 4.90 Å². The molecular weight excluding hydrogens is 344 g/mol. The molecule has 126 valence electrons. The molecule has 6 nitrogen and oxygen atoms in total. The standard InChI is InChI=1S/C16H18N4O2S2/c21-24(22)15-10-12(14-2-1-9-23-14)3-4-13(15)18-16(19-24)11-20-7-5-17-6-8-20/h1-4,9-10,17H,5-8,11H2,(H,18,19). The lowest BCUT2D eigenvalue weighted by molar-refractivity contribution is 0.272. The van der Waals surface area contributed by atoms with Gasteiger partial charge in [-0.2, -0.15) is 8.42 Å². The molecule has 4 rings (SSSR count). The maximum Gasteiger partial charge on any atom is 0.286 e. The monoisotopic (exact) mass is 362 g/mol. The van der Waals surface area contributed by atoms with Crippen molar-refractivity contribution in [3.05, 3.63) is 35.7 Å². The zero-order chi connectivity index (χ0) is 16.6. The summed E-state index contributed by atoms with van der Waals surface area (Å²) < 4.78 is 29.2. The number of anilines is 1. The third kappa shape index (κ3) is 3.10. The van der Waals surface area contributed by atoms with E-state index in [0.29, 0.717) is 18.1 Å². The molecule has 24 heavy (non-hydrogen) atoms. The van der Waals surface area contributed by atoms with E-state index < -0.39 is 10.0 Å². The van der Waals surface area contributed by atoms with Crippen LogP contribution in [0.25, 0.3) is 10.4 Å². The fraction of sp³-hybridized carbons (Fsp3) is 0.312. The summed E-state index contributed by atoms with van der Waals surface area (Å²) in [4.78, 5) is 3.49. The maximum absolute atomic E-state index is 12.6. The number of rotatable bonds is 3. The van der Waals surface area contributed by atoms with Gasteiger partial charge in [0, 0.05) is 31.1 Å². The minimum absolute atomic E-state index is 0.248. The molecule has 1 aromatic heterocycles. The highest BCUT2D eigenvalue weighted by molar-refractivity contribution is 7.90. The summed E-state index contributed by atoms with van der Waals surface area (Å²) in [5, 5.41) is 8.45. The summed E-state index contributed by atoms with van der Waals surface area (Å²) in [6.45, 7) is 4.14. The minimum Gasteiger partial charge on any atom is -0.341 e. The van der Waals surface area contributed by atoms with Gasteiger partial charge in [0.1, 0.15) is 10.7 Å². The first-order valence-electron chi connectivity index (χ1n) is 7.84. The van der Waals surface area contributed by atoms with Gasteiger partial charge in [0.2, 0.25) is 0 Å². The Hall–Kier alpha value is -1.74. The van der Waals surface area contributed by atoms with Gasteiger partial charge in [-0.3, -0.25) is 4.90 Å². The first-order chi connectivity index (χ1) is 11.6. The van der Waals surface area contributed by atoms with Crippen LogP contribution in [0.5, 0.6) is 0 Å². The molecule has 0 aliphatic carbocycles. The minimum atomic E-state index is -3.67. The van der Waals surface area contributed by atoms with Crippen LogP contribution in [0.15, 0.2) is 45.0 Å². The maximum atomic E-state index is 12.6. The summed E-state index contributed by atoms with van der Waals surface area (Å²) in [7, 11) is -3.67. The smallest absolute Gasteiger partial charge is 0.286 e. The number of sulfonamides is 1. The molecule has 8 heteroatoms. The topological polar surface area (TPSA) is 73.8 Å². The number of fused-ring (bicyclic) bond motifs is 1. The van der Waals surface area contributed by atoms with Gasteiger partial charge in [0.25, 0.3) is 10.0 Å². The molecule has 0 saturated carbocycles. The van der Waals surface area contributed by atoms with Crippen molar-refractivity contribution in [1.82, 2.24) is 10.2 Å². The number of piperazine rings is 1. The molecule has 2 aliphatic rings. The molecular formula is C16H18N4O2S2. The fourth-order valence-electron chi connectivity index (χ4n) is 2.96. The van der Waals surface area contributed by atoms with Gasteiger partial charge in [0.15, 0.2) is 0 Å². The van der Waals surface area contributed by atoms with Gasteiger partial charge >= 0.3 is 0 Å². The van der Waals surface area contributed by atoms with E-state index in [9.17, 15) is 8.42 Å². The lowest BCUT2D eigenvalue weighted by Crippen LogP contribution is -2.47. The third-order valence-corrected chi connectivity index (χ3v) is 6.43. The predicted octanol–water partition coefficient (Wildman–Crippen LogP) is 1.83. The Kier molecular flexibility index (Phi) is 4.13. The highest BCUT2D eigenvalue weighted by Gasteiger charge is 2.26. The first-order valence-corrected chi connectivity index (χ1v) is 10.2. The van der Waals surface area contributed by atoms with E-state index in [0.717, 1.165) is 36.6 Å². The molecule has 0 unspecified atom stereocenters. The summed E-state index contributed by atoms with van der Waals surface area (Å²) in [5.74, 6) is 0.494. The Morgan fingerprint density at radius 2 is 2.04 bits per heavy atom. The van der Waals surface area contributed by atoms with Gasteiger partial charge in [0.05, 0.1) is 12.2 Å². The molecule has 3 heterocycles.